The highest BCUT2D eigenvalue weighted by molar-refractivity contribution is 5.91. The number of benzene rings is 2. The van der Waals surface area contributed by atoms with Crippen molar-refractivity contribution in [1.29, 1.82) is 0 Å². The summed E-state index contributed by atoms with van der Waals surface area (Å²) in [6.07, 6.45) is -9.73. The molecule has 5 atom stereocenters. The highest BCUT2D eigenvalue weighted by Crippen LogP contribution is 2.41. The quantitative estimate of drug-likeness (QED) is 0.325. The first-order valence-electron chi connectivity index (χ1n) is 12.8. The second-order valence-electron chi connectivity index (χ2n) is 10.1. The van der Waals surface area contributed by atoms with Crippen LogP contribution in [0.2, 0.25) is 0 Å². The van der Waals surface area contributed by atoms with Crippen LogP contribution in [0.4, 0.5) is 13.2 Å². The number of carbonyl (C=O) groups excluding carboxylic acids is 1. The van der Waals surface area contributed by atoms with Gasteiger partial charge in [0.1, 0.15) is 18.3 Å². The van der Waals surface area contributed by atoms with Gasteiger partial charge in [0.15, 0.2) is 12.4 Å². The molecule has 2 heterocycles. The van der Waals surface area contributed by atoms with Gasteiger partial charge in [-0.05, 0) is 54.0 Å². The van der Waals surface area contributed by atoms with E-state index in [1.807, 2.05) is 6.07 Å². The number of hydrogen-bond acceptors (Lipinski definition) is 8. The molecule has 1 aliphatic heterocycles. The number of pyridine rings is 1. The molecule has 0 amide bonds. The molecule has 0 bridgehead atoms. The number of aliphatic hydroxyl groups is 4. The SMILES string of the molecule is O=C(OC1C(O)C(O)OC(CO)C1O)c1cc(C2CC2)ccc1Cc1cnc(-c2ccccc2)c(C(F)(F)F)c1. The van der Waals surface area contributed by atoms with Gasteiger partial charge < -0.3 is 29.9 Å². The van der Waals surface area contributed by atoms with Crippen LogP contribution in [-0.2, 0) is 22.1 Å². The van der Waals surface area contributed by atoms with Crippen LogP contribution in [-0.4, -0.2) is 68.7 Å². The highest BCUT2D eigenvalue weighted by atomic mass is 19.4. The minimum Gasteiger partial charge on any atom is -0.453 e. The third-order valence-electron chi connectivity index (χ3n) is 7.18. The van der Waals surface area contributed by atoms with Crippen LogP contribution in [0.3, 0.4) is 0 Å². The number of esters is 1. The first-order valence-corrected chi connectivity index (χ1v) is 12.8. The van der Waals surface area contributed by atoms with Crippen molar-refractivity contribution < 1.29 is 47.9 Å². The molecule has 2 fully saturated rings. The van der Waals surface area contributed by atoms with Crippen LogP contribution in [0.1, 0.15) is 51.4 Å². The van der Waals surface area contributed by atoms with Crippen molar-refractivity contribution in [3.63, 3.8) is 0 Å². The molecule has 1 aliphatic carbocycles. The Morgan fingerprint density at radius 2 is 1.75 bits per heavy atom. The van der Waals surface area contributed by atoms with Crippen molar-refractivity contribution in [1.82, 2.24) is 4.98 Å². The van der Waals surface area contributed by atoms with Crippen LogP contribution < -0.4 is 0 Å². The van der Waals surface area contributed by atoms with Crippen LogP contribution in [0.15, 0.2) is 60.8 Å². The zero-order chi connectivity index (χ0) is 28.6. The van der Waals surface area contributed by atoms with Gasteiger partial charge in [-0.3, -0.25) is 4.98 Å². The van der Waals surface area contributed by atoms with Crippen molar-refractivity contribution in [3.05, 3.63) is 88.6 Å². The number of carbonyl (C=O) groups is 1. The lowest BCUT2D eigenvalue weighted by Gasteiger charge is -2.39. The van der Waals surface area contributed by atoms with Crippen molar-refractivity contribution in [2.45, 2.75) is 62.1 Å². The van der Waals surface area contributed by atoms with Gasteiger partial charge in [0, 0.05) is 11.8 Å². The van der Waals surface area contributed by atoms with Gasteiger partial charge in [0.25, 0.3) is 0 Å². The van der Waals surface area contributed by atoms with Gasteiger partial charge in [0.05, 0.1) is 23.4 Å². The van der Waals surface area contributed by atoms with Gasteiger partial charge in [0.2, 0.25) is 0 Å². The van der Waals surface area contributed by atoms with Gasteiger partial charge in [-0.25, -0.2) is 4.79 Å². The van der Waals surface area contributed by atoms with Crippen LogP contribution in [0.25, 0.3) is 11.3 Å². The fourth-order valence-corrected chi connectivity index (χ4v) is 4.87. The number of nitrogens with zero attached hydrogens (tertiary/aromatic N) is 1. The number of aromatic nitrogens is 1. The molecule has 8 nitrogen and oxygen atoms in total. The van der Waals surface area contributed by atoms with E-state index in [0.717, 1.165) is 24.5 Å². The fourth-order valence-electron chi connectivity index (χ4n) is 4.87. The lowest BCUT2D eigenvalue weighted by atomic mass is 9.95. The lowest BCUT2D eigenvalue weighted by Crippen LogP contribution is -2.59. The van der Waals surface area contributed by atoms with Crippen molar-refractivity contribution in [2.24, 2.45) is 0 Å². The van der Waals surface area contributed by atoms with Gasteiger partial charge >= 0.3 is 12.1 Å². The zero-order valence-corrected chi connectivity index (χ0v) is 21.2. The predicted molar refractivity (Wildman–Crippen MR) is 135 cm³/mol. The first-order chi connectivity index (χ1) is 19.1. The van der Waals surface area contributed by atoms with Crippen LogP contribution >= 0.6 is 0 Å². The van der Waals surface area contributed by atoms with Gasteiger partial charge in [-0.15, -0.1) is 0 Å². The molecule has 5 unspecified atom stereocenters. The van der Waals surface area contributed by atoms with E-state index in [-0.39, 0.29) is 29.2 Å². The molecule has 212 valence electrons. The van der Waals surface area contributed by atoms with E-state index in [1.54, 1.807) is 42.5 Å². The van der Waals surface area contributed by atoms with E-state index in [2.05, 4.69) is 4.98 Å². The molecular formula is C29H28F3NO7. The molecule has 40 heavy (non-hydrogen) atoms. The summed E-state index contributed by atoms with van der Waals surface area (Å²) in [6.45, 7) is -0.699. The molecule has 2 aromatic carbocycles. The maximum Gasteiger partial charge on any atom is 0.418 e. The molecule has 1 aromatic heterocycles. The number of hydrogen-bond donors (Lipinski definition) is 4. The van der Waals surface area contributed by atoms with E-state index in [0.29, 0.717) is 11.1 Å². The summed E-state index contributed by atoms with van der Waals surface area (Å²) >= 11 is 0. The van der Waals surface area contributed by atoms with E-state index < -0.39 is 55.0 Å². The third kappa shape index (κ3) is 5.89. The summed E-state index contributed by atoms with van der Waals surface area (Å²) in [6, 6.07) is 14.1. The van der Waals surface area contributed by atoms with E-state index in [9.17, 15) is 38.4 Å². The summed E-state index contributed by atoms with van der Waals surface area (Å²) in [7, 11) is 0. The van der Waals surface area contributed by atoms with Gasteiger partial charge in [-0.2, -0.15) is 13.2 Å². The number of ether oxygens (including phenoxy) is 2. The Bertz CT molecular complexity index is 1360. The second-order valence-corrected chi connectivity index (χ2v) is 10.1. The van der Waals surface area contributed by atoms with Crippen molar-refractivity contribution in [3.8, 4) is 11.3 Å². The standard InChI is InChI=1S/C29H28F3NO7/c30-29(31,32)21-11-15(13-33-23(21)17-4-2-1-3-5-17)10-19-9-8-18(16-6-7-16)12-20(19)27(37)40-26-24(35)22(14-34)39-28(38)25(26)36/h1-5,8-9,11-13,16,22,24-26,28,34-36,38H,6-7,10,14H2. The number of halogens is 3. The van der Waals surface area contributed by atoms with E-state index in [4.69, 9.17) is 9.47 Å². The summed E-state index contributed by atoms with van der Waals surface area (Å²) in [5, 5.41) is 40.1. The molecule has 1 saturated heterocycles. The Hall–Kier alpha value is -3.35. The average molecular weight is 560 g/mol. The molecule has 2 aliphatic rings. The van der Waals surface area contributed by atoms with Crippen LogP contribution in [0.5, 0.6) is 0 Å². The van der Waals surface area contributed by atoms with E-state index in [1.165, 1.54) is 6.20 Å². The number of rotatable bonds is 7. The molecule has 0 radical (unpaired) electrons. The molecule has 0 spiro atoms. The molecule has 3 aromatic rings. The number of aliphatic hydroxyl groups excluding tert-OH is 4. The smallest absolute Gasteiger partial charge is 0.418 e. The maximum atomic E-state index is 14.0. The minimum atomic E-state index is -4.68. The highest BCUT2D eigenvalue weighted by Gasteiger charge is 2.46. The van der Waals surface area contributed by atoms with Gasteiger partial charge in [-0.1, -0.05) is 42.5 Å². The monoisotopic (exact) mass is 559 g/mol. The molecule has 1 saturated carbocycles. The Labute approximate surface area is 227 Å². The molecular weight excluding hydrogens is 531 g/mol. The zero-order valence-electron chi connectivity index (χ0n) is 21.2. The number of alkyl halides is 3. The third-order valence-corrected chi connectivity index (χ3v) is 7.18. The van der Waals surface area contributed by atoms with E-state index >= 15 is 0 Å². The predicted octanol–water partition coefficient (Wildman–Crippen LogP) is 3.19. The topological polar surface area (TPSA) is 129 Å². The largest absolute Gasteiger partial charge is 0.453 e. The van der Waals surface area contributed by atoms with Crippen molar-refractivity contribution in [2.75, 3.05) is 6.61 Å². The average Bonchev–Trinajstić information content (AvgIpc) is 3.79. The maximum absolute atomic E-state index is 14.0. The first kappa shape index (κ1) is 28.2. The summed E-state index contributed by atoms with van der Waals surface area (Å²) in [5.41, 5.74) is 0.662. The Morgan fingerprint density at radius 3 is 2.40 bits per heavy atom. The van der Waals surface area contributed by atoms with Crippen molar-refractivity contribution >= 4 is 5.97 Å². The normalized spacial score (nSPS) is 25.0. The molecule has 5 rings (SSSR count). The minimum absolute atomic E-state index is 0.0472. The Balaban J connectivity index is 1.47. The second kappa shape index (κ2) is 11.3. The Morgan fingerprint density at radius 1 is 1.02 bits per heavy atom. The summed E-state index contributed by atoms with van der Waals surface area (Å²) in [5.74, 6) is -0.708. The molecule has 11 heteroatoms. The summed E-state index contributed by atoms with van der Waals surface area (Å²) < 4.78 is 52.4. The fraction of sp³-hybridized carbons (Fsp3) is 0.379. The molecule has 4 N–H and O–H groups in total. The lowest BCUT2D eigenvalue weighted by molar-refractivity contribution is -0.285. The summed E-state index contributed by atoms with van der Waals surface area (Å²) in [4.78, 5) is 17.5. The Kier molecular flexibility index (Phi) is 7.94. The van der Waals surface area contributed by atoms with Crippen LogP contribution in [0, 0.1) is 0 Å².